The van der Waals surface area contributed by atoms with E-state index in [1.54, 1.807) is 14.2 Å². The number of ether oxygens (including phenoxy) is 2. The second-order valence-corrected chi connectivity index (χ2v) is 8.24. The summed E-state index contributed by atoms with van der Waals surface area (Å²) in [5, 5.41) is 4.72. The smallest absolute Gasteiger partial charge is 0.254 e. The molecule has 0 aliphatic carbocycles. The molecule has 3 aromatic rings. The monoisotopic (exact) mass is 437 g/mol. The number of thiocarbonyl (C=S) groups is 1. The minimum absolute atomic E-state index is 0.113. The number of hydrogen-bond donors (Lipinski definition) is 2. The summed E-state index contributed by atoms with van der Waals surface area (Å²) < 4.78 is 11.1. The molecule has 0 amide bonds. The summed E-state index contributed by atoms with van der Waals surface area (Å²) in [5.41, 5.74) is 5.70. The van der Waals surface area contributed by atoms with Crippen molar-refractivity contribution in [3.05, 3.63) is 68.5 Å². The molecule has 1 aliphatic heterocycles. The Kier molecular flexibility index (Phi) is 5.62. The summed E-state index contributed by atoms with van der Waals surface area (Å²) in [6, 6.07) is 9.76. The van der Waals surface area contributed by atoms with Crippen LogP contribution >= 0.6 is 12.2 Å². The van der Waals surface area contributed by atoms with Gasteiger partial charge in [-0.1, -0.05) is 12.1 Å². The number of hydrogen-bond acceptors (Lipinski definition) is 4. The van der Waals surface area contributed by atoms with E-state index in [2.05, 4.69) is 28.2 Å². The normalized spacial score (nSPS) is 15.5. The van der Waals surface area contributed by atoms with E-state index in [1.165, 1.54) is 0 Å². The molecule has 162 valence electrons. The van der Waals surface area contributed by atoms with E-state index in [0.29, 0.717) is 28.7 Å². The molecule has 1 unspecified atom stereocenters. The predicted molar refractivity (Wildman–Crippen MR) is 127 cm³/mol. The van der Waals surface area contributed by atoms with Gasteiger partial charge < -0.3 is 24.7 Å². The summed E-state index contributed by atoms with van der Waals surface area (Å²) in [4.78, 5) is 18.5. The van der Waals surface area contributed by atoms with Crippen molar-refractivity contribution in [2.24, 2.45) is 0 Å². The van der Waals surface area contributed by atoms with Crippen LogP contribution in [0.4, 0.5) is 0 Å². The zero-order chi connectivity index (χ0) is 22.3. The molecule has 1 aliphatic rings. The highest BCUT2D eigenvalue weighted by Crippen LogP contribution is 2.40. The standard InChI is InChI=1S/C24H27N3O3S/c1-13-6-7-14(2)21-16(13)11-18(23(28)26-21)22-17-12-20(30-5)19(29-4)10-15(17)8-9-27(22)24(31)25-3/h6-7,10-12,22H,8-9H2,1-5H3,(H,25,31)(H,26,28). The topological polar surface area (TPSA) is 66.6 Å². The first-order valence-corrected chi connectivity index (χ1v) is 10.7. The highest BCUT2D eigenvalue weighted by atomic mass is 32.1. The van der Waals surface area contributed by atoms with Crippen molar-refractivity contribution < 1.29 is 9.47 Å². The van der Waals surface area contributed by atoms with Gasteiger partial charge >= 0.3 is 0 Å². The van der Waals surface area contributed by atoms with E-state index in [0.717, 1.165) is 39.6 Å². The number of pyridine rings is 1. The molecule has 2 heterocycles. The van der Waals surface area contributed by atoms with E-state index in [9.17, 15) is 4.79 Å². The van der Waals surface area contributed by atoms with Gasteiger partial charge in [0.25, 0.3) is 5.56 Å². The van der Waals surface area contributed by atoms with Crippen LogP contribution in [0.3, 0.4) is 0 Å². The van der Waals surface area contributed by atoms with Crippen LogP contribution < -0.4 is 20.3 Å². The van der Waals surface area contributed by atoms with Gasteiger partial charge in [-0.3, -0.25) is 4.79 Å². The lowest BCUT2D eigenvalue weighted by atomic mass is 9.87. The molecule has 2 N–H and O–H groups in total. The fourth-order valence-electron chi connectivity index (χ4n) is 4.44. The first kappa shape index (κ1) is 21.2. The Morgan fingerprint density at radius 3 is 2.45 bits per heavy atom. The van der Waals surface area contributed by atoms with Gasteiger partial charge in [0.05, 0.1) is 25.8 Å². The Morgan fingerprint density at radius 1 is 1.10 bits per heavy atom. The summed E-state index contributed by atoms with van der Waals surface area (Å²) in [6.45, 7) is 4.76. The van der Waals surface area contributed by atoms with Gasteiger partial charge in [-0.2, -0.15) is 0 Å². The number of methoxy groups -OCH3 is 2. The fraction of sp³-hybridized carbons (Fsp3) is 0.333. The lowest BCUT2D eigenvalue weighted by molar-refractivity contribution is 0.324. The number of rotatable bonds is 3. The van der Waals surface area contributed by atoms with Crippen LogP contribution in [-0.2, 0) is 6.42 Å². The maximum absolute atomic E-state index is 13.3. The van der Waals surface area contributed by atoms with Crippen molar-refractivity contribution in [1.82, 2.24) is 15.2 Å². The van der Waals surface area contributed by atoms with Crippen molar-refractivity contribution in [2.45, 2.75) is 26.3 Å². The molecule has 0 fully saturated rings. The van der Waals surface area contributed by atoms with Gasteiger partial charge in [-0.05, 0) is 72.9 Å². The molecule has 0 radical (unpaired) electrons. The number of aromatic amines is 1. The quantitative estimate of drug-likeness (QED) is 0.610. The Hall–Kier alpha value is -3.06. The zero-order valence-electron chi connectivity index (χ0n) is 18.5. The number of fused-ring (bicyclic) bond motifs is 2. The second kappa shape index (κ2) is 8.23. The Labute approximate surface area is 187 Å². The Morgan fingerprint density at radius 2 is 1.77 bits per heavy atom. The van der Waals surface area contributed by atoms with Gasteiger partial charge in [0.1, 0.15) is 0 Å². The van der Waals surface area contributed by atoms with Crippen LogP contribution in [0.5, 0.6) is 11.5 Å². The molecule has 1 atom stereocenters. The predicted octanol–water partition coefficient (Wildman–Crippen LogP) is 3.61. The SMILES string of the molecule is CNC(=S)N1CCc2cc(OC)c(OC)cc2C1c1cc2c(C)ccc(C)c2[nH]c1=O. The van der Waals surface area contributed by atoms with Gasteiger partial charge in [0, 0.05) is 24.5 Å². The van der Waals surface area contributed by atoms with E-state index >= 15 is 0 Å². The third-order valence-electron chi connectivity index (χ3n) is 6.12. The van der Waals surface area contributed by atoms with E-state index in [4.69, 9.17) is 21.7 Å². The largest absolute Gasteiger partial charge is 0.493 e. The van der Waals surface area contributed by atoms with Gasteiger partial charge in [-0.15, -0.1) is 0 Å². The lowest BCUT2D eigenvalue weighted by Crippen LogP contribution is -2.46. The van der Waals surface area contributed by atoms with Crippen molar-refractivity contribution in [3.63, 3.8) is 0 Å². The molecular weight excluding hydrogens is 410 g/mol. The second-order valence-electron chi connectivity index (χ2n) is 7.85. The van der Waals surface area contributed by atoms with Gasteiger partial charge in [0.2, 0.25) is 0 Å². The third kappa shape index (κ3) is 3.53. The van der Waals surface area contributed by atoms with Crippen LogP contribution in [0.1, 0.15) is 33.9 Å². The Balaban J connectivity index is 2.00. The molecule has 1 aromatic heterocycles. The number of aryl methyl sites for hydroxylation is 2. The van der Waals surface area contributed by atoms with Crippen LogP contribution in [0.25, 0.3) is 10.9 Å². The van der Waals surface area contributed by atoms with Gasteiger partial charge in [-0.25, -0.2) is 0 Å². The number of benzene rings is 2. The third-order valence-corrected chi connectivity index (χ3v) is 6.55. The highest BCUT2D eigenvalue weighted by Gasteiger charge is 2.33. The maximum atomic E-state index is 13.3. The van der Waals surface area contributed by atoms with E-state index < -0.39 is 0 Å². The minimum Gasteiger partial charge on any atom is -0.493 e. The highest BCUT2D eigenvalue weighted by molar-refractivity contribution is 7.80. The van der Waals surface area contributed by atoms with Crippen LogP contribution in [0.2, 0.25) is 0 Å². The first-order valence-electron chi connectivity index (χ1n) is 10.3. The van der Waals surface area contributed by atoms with Crippen molar-refractivity contribution >= 4 is 28.2 Å². The minimum atomic E-state index is -0.337. The summed E-state index contributed by atoms with van der Waals surface area (Å²) in [6.07, 6.45) is 0.789. The summed E-state index contributed by atoms with van der Waals surface area (Å²) in [5.74, 6) is 1.32. The van der Waals surface area contributed by atoms with E-state index in [-0.39, 0.29) is 11.6 Å². The molecule has 0 bridgehead atoms. The number of nitrogens with one attached hydrogen (secondary N) is 2. The number of nitrogens with zero attached hydrogens (tertiary/aromatic N) is 1. The van der Waals surface area contributed by atoms with Crippen LogP contribution in [0.15, 0.2) is 35.1 Å². The van der Waals surface area contributed by atoms with E-state index in [1.807, 2.05) is 38.2 Å². The molecule has 6 nitrogen and oxygen atoms in total. The number of aromatic nitrogens is 1. The molecule has 4 rings (SSSR count). The maximum Gasteiger partial charge on any atom is 0.254 e. The average molecular weight is 438 g/mol. The van der Waals surface area contributed by atoms with Crippen molar-refractivity contribution in [1.29, 1.82) is 0 Å². The first-order chi connectivity index (χ1) is 14.9. The lowest BCUT2D eigenvalue weighted by Gasteiger charge is -2.39. The zero-order valence-corrected chi connectivity index (χ0v) is 19.3. The average Bonchev–Trinajstić information content (AvgIpc) is 2.79. The molecule has 31 heavy (non-hydrogen) atoms. The molecular formula is C24H27N3O3S. The Bertz CT molecular complexity index is 1230. The number of H-pyrrole nitrogens is 1. The molecule has 0 saturated heterocycles. The van der Waals surface area contributed by atoms with Gasteiger partial charge in [0.15, 0.2) is 16.6 Å². The molecule has 0 saturated carbocycles. The summed E-state index contributed by atoms with van der Waals surface area (Å²) in [7, 11) is 5.06. The van der Waals surface area contributed by atoms with Crippen molar-refractivity contribution in [3.8, 4) is 11.5 Å². The molecule has 7 heteroatoms. The molecule has 2 aromatic carbocycles. The molecule has 0 spiro atoms. The fourth-order valence-corrected chi connectivity index (χ4v) is 4.63. The van der Waals surface area contributed by atoms with Crippen molar-refractivity contribution in [2.75, 3.05) is 27.8 Å². The van der Waals surface area contributed by atoms with Crippen LogP contribution in [-0.4, -0.2) is 42.8 Å². The van der Waals surface area contributed by atoms with Crippen LogP contribution in [0, 0.1) is 13.8 Å². The summed E-state index contributed by atoms with van der Waals surface area (Å²) >= 11 is 5.62.